The zero-order valence-electron chi connectivity index (χ0n) is 8.58. The Morgan fingerprint density at radius 1 is 1.57 bits per heavy atom. The number of hydrogen-bond donors (Lipinski definition) is 1. The van der Waals surface area contributed by atoms with E-state index in [2.05, 4.69) is 24.4 Å². The van der Waals surface area contributed by atoms with Gasteiger partial charge in [-0.05, 0) is 31.5 Å². The maximum atomic E-state index is 5.86. The van der Waals surface area contributed by atoms with E-state index in [1.54, 1.807) is 11.3 Å². The average molecular weight is 211 g/mol. The van der Waals surface area contributed by atoms with Crippen LogP contribution in [0.3, 0.4) is 0 Å². The fourth-order valence-electron chi connectivity index (χ4n) is 1.70. The molecule has 1 unspecified atom stereocenters. The van der Waals surface area contributed by atoms with E-state index in [1.165, 1.54) is 17.7 Å². The normalized spacial score (nSPS) is 21.4. The predicted molar refractivity (Wildman–Crippen MR) is 60.2 cm³/mol. The van der Waals surface area contributed by atoms with Gasteiger partial charge >= 0.3 is 0 Å². The largest absolute Gasteiger partial charge is 0.479 e. The van der Waals surface area contributed by atoms with Crippen molar-refractivity contribution in [2.24, 2.45) is 0 Å². The summed E-state index contributed by atoms with van der Waals surface area (Å²) in [4.78, 5) is 1.44. The van der Waals surface area contributed by atoms with Gasteiger partial charge in [-0.25, -0.2) is 0 Å². The van der Waals surface area contributed by atoms with Crippen molar-refractivity contribution in [2.45, 2.75) is 32.3 Å². The van der Waals surface area contributed by atoms with Gasteiger partial charge in [0.05, 0.1) is 0 Å². The highest BCUT2D eigenvalue weighted by atomic mass is 32.1. The van der Waals surface area contributed by atoms with E-state index in [-0.39, 0.29) is 0 Å². The van der Waals surface area contributed by atoms with Gasteiger partial charge in [0.25, 0.3) is 0 Å². The quantitative estimate of drug-likeness (QED) is 0.826. The summed E-state index contributed by atoms with van der Waals surface area (Å²) in [6.07, 6.45) is 3.92. The lowest BCUT2D eigenvalue weighted by Crippen LogP contribution is -2.18. The van der Waals surface area contributed by atoms with E-state index >= 15 is 0 Å². The van der Waals surface area contributed by atoms with Crippen LogP contribution in [0.4, 0.5) is 0 Å². The van der Waals surface area contributed by atoms with Crippen LogP contribution in [-0.4, -0.2) is 19.2 Å². The summed E-state index contributed by atoms with van der Waals surface area (Å²) in [6.45, 7) is 4.31. The minimum absolute atomic E-state index is 0.392. The summed E-state index contributed by atoms with van der Waals surface area (Å²) < 4.78 is 5.86. The van der Waals surface area contributed by atoms with Crippen LogP contribution in [0.1, 0.15) is 24.6 Å². The predicted octanol–water partition coefficient (Wildman–Crippen LogP) is 2.44. The van der Waals surface area contributed by atoms with Gasteiger partial charge in [0, 0.05) is 11.4 Å². The molecule has 1 atom stereocenters. The van der Waals surface area contributed by atoms with Crippen molar-refractivity contribution < 1.29 is 4.74 Å². The molecule has 0 saturated carbocycles. The number of ether oxygens (including phenoxy) is 1. The molecule has 0 amide bonds. The Bertz CT molecular complexity index is 279. The molecule has 2 heterocycles. The second kappa shape index (κ2) is 4.80. The molecule has 0 bridgehead atoms. The van der Waals surface area contributed by atoms with Crippen molar-refractivity contribution in [3.8, 4) is 5.06 Å². The van der Waals surface area contributed by atoms with Crippen molar-refractivity contribution in [1.82, 2.24) is 5.32 Å². The van der Waals surface area contributed by atoms with E-state index in [1.807, 2.05) is 0 Å². The third-order valence-corrected chi connectivity index (χ3v) is 3.47. The number of aryl methyl sites for hydroxylation is 1. The van der Waals surface area contributed by atoms with Gasteiger partial charge in [0.15, 0.2) is 5.06 Å². The highest BCUT2D eigenvalue weighted by molar-refractivity contribution is 7.13. The number of nitrogens with one attached hydrogen (secondary N) is 1. The zero-order valence-corrected chi connectivity index (χ0v) is 9.40. The van der Waals surface area contributed by atoms with Gasteiger partial charge in [0.1, 0.15) is 6.10 Å². The SMILES string of the molecule is CCCc1ccc(OC2CCNC2)s1. The Morgan fingerprint density at radius 3 is 3.21 bits per heavy atom. The Morgan fingerprint density at radius 2 is 2.50 bits per heavy atom. The van der Waals surface area contributed by atoms with Crippen molar-refractivity contribution in [3.63, 3.8) is 0 Å². The Hall–Kier alpha value is -0.540. The third-order valence-electron chi connectivity index (χ3n) is 2.43. The van der Waals surface area contributed by atoms with Gasteiger partial charge in [-0.1, -0.05) is 13.3 Å². The summed E-state index contributed by atoms with van der Waals surface area (Å²) in [6, 6.07) is 4.29. The van der Waals surface area contributed by atoms with Crippen molar-refractivity contribution in [1.29, 1.82) is 0 Å². The van der Waals surface area contributed by atoms with Crippen LogP contribution in [0.5, 0.6) is 5.06 Å². The Kier molecular flexibility index (Phi) is 3.43. The fraction of sp³-hybridized carbons (Fsp3) is 0.636. The molecule has 2 nitrogen and oxygen atoms in total. The highest BCUT2D eigenvalue weighted by Gasteiger charge is 2.16. The molecule has 2 rings (SSSR count). The van der Waals surface area contributed by atoms with E-state index in [0.717, 1.165) is 24.6 Å². The highest BCUT2D eigenvalue weighted by Crippen LogP contribution is 2.27. The molecule has 0 spiro atoms. The lowest BCUT2D eigenvalue weighted by atomic mass is 10.3. The summed E-state index contributed by atoms with van der Waals surface area (Å²) in [5.74, 6) is 0. The van der Waals surface area contributed by atoms with Gasteiger partial charge in [-0.15, -0.1) is 11.3 Å². The van der Waals surface area contributed by atoms with Gasteiger partial charge < -0.3 is 10.1 Å². The number of rotatable bonds is 4. The van der Waals surface area contributed by atoms with E-state index < -0.39 is 0 Å². The fourth-order valence-corrected chi connectivity index (χ4v) is 2.72. The maximum Gasteiger partial charge on any atom is 0.174 e. The second-order valence-electron chi connectivity index (χ2n) is 3.70. The lowest BCUT2D eigenvalue weighted by Gasteiger charge is -2.09. The summed E-state index contributed by atoms with van der Waals surface area (Å²) in [5, 5.41) is 4.39. The Labute approximate surface area is 89.3 Å². The van der Waals surface area contributed by atoms with Crippen LogP contribution in [0.15, 0.2) is 12.1 Å². The van der Waals surface area contributed by atoms with Gasteiger partial charge in [-0.3, -0.25) is 0 Å². The molecule has 14 heavy (non-hydrogen) atoms. The molecule has 0 radical (unpaired) electrons. The molecule has 0 aliphatic carbocycles. The molecule has 1 aromatic rings. The first kappa shape index (κ1) is 9.99. The van der Waals surface area contributed by atoms with E-state index in [0.29, 0.717) is 6.10 Å². The summed E-state index contributed by atoms with van der Waals surface area (Å²) in [5.41, 5.74) is 0. The van der Waals surface area contributed by atoms with Crippen LogP contribution in [0.2, 0.25) is 0 Å². The van der Waals surface area contributed by atoms with Crippen molar-refractivity contribution in [2.75, 3.05) is 13.1 Å². The van der Waals surface area contributed by atoms with Crippen LogP contribution >= 0.6 is 11.3 Å². The molecule has 1 saturated heterocycles. The van der Waals surface area contributed by atoms with Crippen LogP contribution in [0, 0.1) is 0 Å². The topological polar surface area (TPSA) is 21.3 Å². The minimum atomic E-state index is 0.392. The second-order valence-corrected chi connectivity index (χ2v) is 4.83. The number of hydrogen-bond acceptors (Lipinski definition) is 3. The first-order chi connectivity index (χ1) is 6.88. The molecule has 1 N–H and O–H groups in total. The molecular weight excluding hydrogens is 194 g/mol. The monoisotopic (exact) mass is 211 g/mol. The van der Waals surface area contributed by atoms with Crippen LogP contribution < -0.4 is 10.1 Å². The summed E-state index contributed by atoms with van der Waals surface area (Å²) in [7, 11) is 0. The van der Waals surface area contributed by atoms with Crippen LogP contribution in [0.25, 0.3) is 0 Å². The third kappa shape index (κ3) is 2.49. The molecule has 78 valence electrons. The van der Waals surface area contributed by atoms with E-state index in [9.17, 15) is 0 Å². The molecule has 1 aromatic heterocycles. The molecule has 0 aromatic carbocycles. The van der Waals surface area contributed by atoms with Crippen molar-refractivity contribution in [3.05, 3.63) is 17.0 Å². The van der Waals surface area contributed by atoms with Crippen molar-refractivity contribution >= 4 is 11.3 Å². The standard InChI is InChI=1S/C11H17NOS/c1-2-3-10-4-5-11(14-10)13-9-6-7-12-8-9/h4-5,9,12H,2-3,6-8H2,1H3. The maximum absolute atomic E-state index is 5.86. The van der Waals surface area contributed by atoms with Crippen LogP contribution in [-0.2, 0) is 6.42 Å². The smallest absolute Gasteiger partial charge is 0.174 e. The van der Waals surface area contributed by atoms with Gasteiger partial charge in [-0.2, -0.15) is 0 Å². The molecular formula is C11H17NOS. The molecule has 1 aliphatic heterocycles. The zero-order chi connectivity index (χ0) is 9.80. The molecule has 3 heteroatoms. The average Bonchev–Trinajstić information content (AvgIpc) is 2.79. The first-order valence-corrected chi connectivity index (χ1v) is 6.16. The summed E-state index contributed by atoms with van der Waals surface area (Å²) >= 11 is 1.79. The van der Waals surface area contributed by atoms with E-state index in [4.69, 9.17) is 4.74 Å². The number of thiophene rings is 1. The van der Waals surface area contributed by atoms with Gasteiger partial charge in [0.2, 0.25) is 0 Å². The Balaban J connectivity index is 1.88. The molecule has 1 aliphatic rings. The molecule has 1 fully saturated rings. The lowest BCUT2D eigenvalue weighted by molar-refractivity contribution is 0.230. The minimum Gasteiger partial charge on any atom is -0.479 e. The first-order valence-electron chi connectivity index (χ1n) is 5.34.